The average Bonchev–Trinajstić information content (AvgIpc) is 3.08. The molecular weight excluding hydrogens is 432 g/mol. The molecule has 1 unspecified atom stereocenters. The molecule has 9 heteroatoms. The van der Waals surface area contributed by atoms with Gasteiger partial charge in [0.2, 0.25) is 15.9 Å². The fraction of sp³-hybridized carbons (Fsp3) is 0.636. The molecular formula is C22H34N4O3S2. The van der Waals surface area contributed by atoms with Crippen LogP contribution in [-0.4, -0.2) is 53.6 Å². The van der Waals surface area contributed by atoms with Gasteiger partial charge in [0.1, 0.15) is 0 Å². The fourth-order valence-corrected chi connectivity index (χ4v) is 5.74. The average molecular weight is 467 g/mol. The number of carbonyl (C=O) groups excluding carboxylic acids is 1. The Balaban J connectivity index is 1.86. The summed E-state index contributed by atoms with van der Waals surface area (Å²) in [7, 11) is -0.486. The predicted molar refractivity (Wildman–Crippen MR) is 126 cm³/mol. The van der Waals surface area contributed by atoms with E-state index in [0.29, 0.717) is 5.52 Å². The number of benzene rings is 1. The number of thioether (sulfide) groups is 1. The SMILES string of the molecule is CCCCn1c(SC(C)C(=O)NC2CCCCC2)nc2cc(S(=O)(=O)N(C)C)ccc21. The van der Waals surface area contributed by atoms with Crippen molar-refractivity contribution >= 4 is 38.7 Å². The molecule has 1 N–H and O–H groups in total. The molecule has 0 saturated heterocycles. The van der Waals surface area contributed by atoms with Crippen LogP contribution in [0.1, 0.15) is 58.8 Å². The molecule has 2 aromatic rings. The minimum Gasteiger partial charge on any atom is -0.352 e. The van der Waals surface area contributed by atoms with Crippen LogP contribution in [-0.2, 0) is 21.4 Å². The first kappa shape index (κ1) is 24.1. The number of imidazole rings is 1. The van der Waals surface area contributed by atoms with E-state index in [0.717, 1.165) is 42.9 Å². The quantitative estimate of drug-likeness (QED) is 0.564. The summed E-state index contributed by atoms with van der Waals surface area (Å²) in [6.45, 7) is 4.83. The number of fused-ring (bicyclic) bond motifs is 1. The van der Waals surface area contributed by atoms with Crippen molar-refractivity contribution in [2.24, 2.45) is 0 Å². The highest BCUT2D eigenvalue weighted by Crippen LogP contribution is 2.30. The van der Waals surface area contributed by atoms with Gasteiger partial charge in [-0.05, 0) is 44.4 Å². The number of sulfonamides is 1. The third-order valence-electron chi connectivity index (χ3n) is 5.80. The summed E-state index contributed by atoms with van der Waals surface area (Å²) in [4.78, 5) is 17.7. The standard InChI is InChI=1S/C22H34N4O3S2/c1-5-6-14-26-20-13-12-18(31(28,29)25(3)4)15-19(20)24-22(26)30-16(2)21(27)23-17-10-8-7-9-11-17/h12-13,15-17H,5-11,14H2,1-4H3,(H,23,27). The van der Waals surface area contributed by atoms with E-state index < -0.39 is 10.0 Å². The van der Waals surface area contributed by atoms with E-state index in [-0.39, 0.29) is 22.1 Å². The van der Waals surface area contributed by atoms with Crippen LogP contribution in [0.25, 0.3) is 11.0 Å². The van der Waals surface area contributed by atoms with Gasteiger partial charge in [-0.15, -0.1) is 0 Å². The van der Waals surface area contributed by atoms with E-state index in [1.165, 1.54) is 49.4 Å². The lowest BCUT2D eigenvalue weighted by Gasteiger charge is -2.24. The second kappa shape index (κ2) is 10.4. The lowest BCUT2D eigenvalue weighted by molar-refractivity contribution is -0.121. The number of hydrogen-bond acceptors (Lipinski definition) is 5. The van der Waals surface area contributed by atoms with E-state index in [1.807, 2.05) is 13.0 Å². The highest BCUT2D eigenvalue weighted by Gasteiger charge is 2.24. The molecule has 31 heavy (non-hydrogen) atoms. The largest absolute Gasteiger partial charge is 0.352 e. The predicted octanol–water partition coefficient (Wildman–Crippen LogP) is 4.02. The van der Waals surface area contributed by atoms with Gasteiger partial charge in [-0.2, -0.15) is 0 Å². The molecule has 1 heterocycles. The zero-order chi connectivity index (χ0) is 22.6. The molecule has 7 nitrogen and oxygen atoms in total. The van der Waals surface area contributed by atoms with E-state index in [9.17, 15) is 13.2 Å². The lowest BCUT2D eigenvalue weighted by Crippen LogP contribution is -2.40. The Labute approximate surface area is 190 Å². The van der Waals surface area contributed by atoms with Crippen LogP contribution in [0.4, 0.5) is 0 Å². The number of nitrogens with one attached hydrogen (secondary N) is 1. The van der Waals surface area contributed by atoms with Gasteiger partial charge in [0, 0.05) is 26.7 Å². The van der Waals surface area contributed by atoms with Crippen molar-refractivity contribution < 1.29 is 13.2 Å². The van der Waals surface area contributed by atoms with E-state index in [2.05, 4.69) is 16.8 Å². The number of hydrogen-bond donors (Lipinski definition) is 1. The summed E-state index contributed by atoms with van der Waals surface area (Å²) in [6.07, 6.45) is 7.75. The molecule has 1 aliphatic rings. The second-order valence-corrected chi connectivity index (χ2v) is 11.9. The van der Waals surface area contributed by atoms with Crippen LogP contribution in [0, 0.1) is 0 Å². The highest BCUT2D eigenvalue weighted by atomic mass is 32.2. The minimum absolute atomic E-state index is 0.0434. The summed E-state index contributed by atoms with van der Waals surface area (Å²) in [5.41, 5.74) is 1.54. The van der Waals surface area contributed by atoms with Crippen molar-refractivity contribution in [2.45, 2.75) is 86.7 Å². The third kappa shape index (κ3) is 5.62. The van der Waals surface area contributed by atoms with Crippen molar-refractivity contribution in [3.63, 3.8) is 0 Å². The molecule has 1 atom stereocenters. The molecule has 0 aliphatic heterocycles. The summed E-state index contributed by atoms with van der Waals surface area (Å²) in [5, 5.41) is 3.68. The van der Waals surface area contributed by atoms with Gasteiger partial charge >= 0.3 is 0 Å². The highest BCUT2D eigenvalue weighted by molar-refractivity contribution is 8.00. The molecule has 1 aromatic heterocycles. The molecule has 0 spiro atoms. The third-order valence-corrected chi connectivity index (χ3v) is 8.70. The van der Waals surface area contributed by atoms with Gasteiger partial charge in [-0.25, -0.2) is 17.7 Å². The maximum atomic E-state index is 12.8. The van der Waals surface area contributed by atoms with Crippen molar-refractivity contribution in [1.82, 2.24) is 19.2 Å². The number of unbranched alkanes of at least 4 members (excludes halogenated alkanes) is 1. The normalized spacial score (nSPS) is 16.7. The Kier molecular flexibility index (Phi) is 8.04. The van der Waals surface area contributed by atoms with Crippen LogP contribution in [0.3, 0.4) is 0 Å². The van der Waals surface area contributed by atoms with Crippen molar-refractivity contribution in [3.8, 4) is 0 Å². The Morgan fingerprint density at radius 1 is 1.29 bits per heavy atom. The molecule has 1 amide bonds. The van der Waals surface area contributed by atoms with E-state index >= 15 is 0 Å². The number of rotatable bonds is 9. The maximum absolute atomic E-state index is 12.8. The first-order valence-corrected chi connectivity index (χ1v) is 13.5. The minimum atomic E-state index is -3.53. The Hall–Kier alpha value is -1.58. The number of nitrogens with zero attached hydrogens (tertiary/aromatic N) is 3. The summed E-state index contributed by atoms with van der Waals surface area (Å²) >= 11 is 1.44. The number of amides is 1. The van der Waals surface area contributed by atoms with Crippen LogP contribution in [0.15, 0.2) is 28.3 Å². The summed E-state index contributed by atoms with van der Waals surface area (Å²) in [5.74, 6) is 0.0434. The topological polar surface area (TPSA) is 84.3 Å². The Morgan fingerprint density at radius 2 is 2.00 bits per heavy atom. The lowest BCUT2D eigenvalue weighted by atomic mass is 9.95. The smallest absolute Gasteiger partial charge is 0.242 e. The summed E-state index contributed by atoms with van der Waals surface area (Å²) in [6, 6.07) is 5.37. The molecule has 1 saturated carbocycles. The van der Waals surface area contributed by atoms with Gasteiger partial charge in [0.25, 0.3) is 0 Å². The van der Waals surface area contributed by atoms with Gasteiger partial charge in [0.15, 0.2) is 5.16 Å². The van der Waals surface area contributed by atoms with Crippen molar-refractivity contribution in [1.29, 1.82) is 0 Å². The van der Waals surface area contributed by atoms with Gasteiger partial charge in [0.05, 0.1) is 21.2 Å². The maximum Gasteiger partial charge on any atom is 0.242 e. The molecule has 0 radical (unpaired) electrons. The van der Waals surface area contributed by atoms with Crippen LogP contribution in [0.2, 0.25) is 0 Å². The van der Waals surface area contributed by atoms with Crippen LogP contribution >= 0.6 is 11.8 Å². The second-order valence-electron chi connectivity index (χ2n) is 8.44. The fourth-order valence-electron chi connectivity index (χ4n) is 3.86. The number of aryl methyl sites for hydroxylation is 1. The van der Waals surface area contributed by atoms with Crippen molar-refractivity contribution in [3.05, 3.63) is 18.2 Å². The van der Waals surface area contributed by atoms with Crippen LogP contribution in [0.5, 0.6) is 0 Å². The van der Waals surface area contributed by atoms with Gasteiger partial charge < -0.3 is 9.88 Å². The Morgan fingerprint density at radius 3 is 2.65 bits per heavy atom. The first-order chi connectivity index (χ1) is 14.7. The van der Waals surface area contributed by atoms with E-state index in [4.69, 9.17) is 4.98 Å². The first-order valence-electron chi connectivity index (χ1n) is 11.1. The molecule has 3 rings (SSSR count). The number of aromatic nitrogens is 2. The molecule has 1 fully saturated rings. The molecule has 0 bridgehead atoms. The summed E-state index contributed by atoms with van der Waals surface area (Å²) < 4.78 is 28.4. The van der Waals surface area contributed by atoms with Crippen LogP contribution < -0.4 is 5.32 Å². The zero-order valence-electron chi connectivity index (χ0n) is 18.9. The van der Waals surface area contributed by atoms with Gasteiger partial charge in [-0.1, -0.05) is 44.4 Å². The number of carbonyl (C=O) groups is 1. The molecule has 172 valence electrons. The Bertz CT molecular complexity index is 1010. The molecule has 1 aromatic carbocycles. The molecule has 1 aliphatic carbocycles. The zero-order valence-corrected chi connectivity index (χ0v) is 20.6. The van der Waals surface area contributed by atoms with Gasteiger partial charge in [-0.3, -0.25) is 4.79 Å². The van der Waals surface area contributed by atoms with E-state index in [1.54, 1.807) is 12.1 Å². The van der Waals surface area contributed by atoms with Crippen molar-refractivity contribution in [2.75, 3.05) is 14.1 Å². The monoisotopic (exact) mass is 466 g/mol.